The Bertz CT molecular complexity index is 1900. The van der Waals surface area contributed by atoms with Crippen molar-refractivity contribution in [2.45, 2.75) is 111 Å². The third kappa shape index (κ3) is 12.0. The first-order chi connectivity index (χ1) is 26.7. The van der Waals surface area contributed by atoms with E-state index < -0.39 is 46.8 Å². The molecule has 1 unspecified atom stereocenters. The Labute approximate surface area is 334 Å². The van der Waals surface area contributed by atoms with Gasteiger partial charge < -0.3 is 29.2 Å². The standard InChI is InChI=1S/C42H55N5O10/c1-40(2,3)54-37(50)34(57-47-35(48)32-13-10-11-14-33(32)36(47)49)27-53-31-17-15-29(16-18-31)30-25-45(21-12-20-43-38(51)55-41(4,5)6)46(26-30)24-28-19-22-44(23-28)39(52)56-42(7,8)9/h10-11,13-18,25-26,28,34H,12,19-24,27H2,1-9H3/p+1/t28-,34?/m1/s1. The third-order valence-corrected chi connectivity index (χ3v) is 8.77. The summed E-state index contributed by atoms with van der Waals surface area (Å²) in [5, 5.41) is 3.40. The number of hydrogen-bond donors (Lipinski definition) is 1. The van der Waals surface area contributed by atoms with Crippen LogP contribution in [0, 0.1) is 5.92 Å². The van der Waals surface area contributed by atoms with Gasteiger partial charge in [-0.3, -0.25) is 9.59 Å². The minimum Gasteiger partial charge on any atom is -0.490 e. The number of esters is 1. The van der Waals surface area contributed by atoms with Gasteiger partial charge >= 0.3 is 18.2 Å². The number of ether oxygens (including phenoxy) is 4. The van der Waals surface area contributed by atoms with Crippen molar-refractivity contribution in [1.29, 1.82) is 0 Å². The Balaban J connectivity index is 1.27. The van der Waals surface area contributed by atoms with Crippen LogP contribution in [0.4, 0.5) is 9.59 Å². The van der Waals surface area contributed by atoms with Crippen molar-refractivity contribution in [3.8, 4) is 16.9 Å². The lowest BCUT2D eigenvalue weighted by Crippen LogP contribution is -2.46. The number of imide groups is 1. The highest BCUT2D eigenvalue weighted by molar-refractivity contribution is 6.20. The molecular weight excluding hydrogens is 734 g/mol. The van der Waals surface area contributed by atoms with Crippen molar-refractivity contribution >= 4 is 30.0 Å². The number of likely N-dealkylation sites (tertiary alicyclic amines) is 1. The van der Waals surface area contributed by atoms with Crippen molar-refractivity contribution in [2.24, 2.45) is 5.92 Å². The van der Waals surface area contributed by atoms with E-state index in [9.17, 15) is 24.0 Å². The van der Waals surface area contributed by atoms with E-state index in [1.807, 2.05) is 59.9 Å². The molecule has 2 aromatic carbocycles. The van der Waals surface area contributed by atoms with Crippen LogP contribution in [0.3, 0.4) is 0 Å². The first kappa shape index (κ1) is 42.7. The summed E-state index contributed by atoms with van der Waals surface area (Å²) >= 11 is 0. The van der Waals surface area contributed by atoms with Crippen LogP contribution in [-0.2, 0) is 36.9 Å². The van der Waals surface area contributed by atoms with Gasteiger partial charge in [0.1, 0.15) is 29.2 Å². The number of carbonyl (C=O) groups excluding carboxylic acids is 5. The van der Waals surface area contributed by atoms with Gasteiger partial charge in [-0.05, 0) is 105 Å². The zero-order valence-corrected chi connectivity index (χ0v) is 34.5. The number of nitrogens with one attached hydrogen (secondary N) is 1. The molecule has 1 fully saturated rings. The van der Waals surface area contributed by atoms with Crippen LogP contribution in [0.1, 0.15) is 95.9 Å². The van der Waals surface area contributed by atoms with E-state index >= 15 is 0 Å². The fraction of sp³-hybridized carbons (Fsp3) is 0.524. The largest absolute Gasteiger partial charge is 0.490 e. The number of hydrogen-bond acceptors (Lipinski definition) is 10. The number of rotatable bonds is 13. The maximum atomic E-state index is 13.2. The lowest BCUT2D eigenvalue weighted by molar-refractivity contribution is -0.780. The van der Waals surface area contributed by atoms with Crippen molar-refractivity contribution < 1.29 is 52.4 Å². The van der Waals surface area contributed by atoms with E-state index in [4.69, 9.17) is 23.8 Å². The number of aryl methyl sites for hydroxylation is 1. The molecule has 3 heterocycles. The molecule has 57 heavy (non-hydrogen) atoms. The summed E-state index contributed by atoms with van der Waals surface area (Å²) in [7, 11) is 0. The van der Waals surface area contributed by atoms with E-state index in [1.54, 1.807) is 49.9 Å². The second kappa shape index (κ2) is 17.4. The molecule has 1 saturated heterocycles. The normalized spacial score (nSPS) is 16.3. The topological polar surface area (TPSA) is 159 Å². The molecule has 2 aliphatic heterocycles. The molecule has 0 saturated carbocycles. The number of nitrogens with zero attached hydrogens (tertiary/aromatic N) is 4. The minimum atomic E-state index is -1.43. The number of hydroxylamine groups is 2. The molecule has 2 atom stereocenters. The zero-order valence-electron chi connectivity index (χ0n) is 34.5. The monoisotopic (exact) mass is 790 g/mol. The summed E-state index contributed by atoms with van der Waals surface area (Å²) in [5.74, 6) is -1.51. The van der Waals surface area contributed by atoms with Gasteiger partial charge in [0.15, 0.2) is 6.54 Å². The smallest absolute Gasteiger partial charge is 0.410 e. The van der Waals surface area contributed by atoms with Crippen LogP contribution in [0.5, 0.6) is 5.75 Å². The van der Waals surface area contributed by atoms with Crippen LogP contribution in [0.2, 0.25) is 0 Å². The summed E-state index contributed by atoms with van der Waals surface area (Å²) in [6.07, 6.45) is 3.38. The highest BCUT2D eigenvalue weighted by Crippen LogP contribution is 2.27. The summed E-state index contributed by atoms with van der Waals surface area (Å²) in [6.45, 7) is 18.7. The van der Waals surface area contributed by atoms with Crippen LogP contribution in [-0.4, -0.2) is 93.8 Å². The second-order valence-corrected chi connectivity index (χ2v) is 17.3. The second-order valence-electron chi connectivity index (χ2n) is 17.3. The van der Waals surface area contributed by atoms with Gasteiger partial charge in [-0.1, -0.05) is 24.3 Å². The lowest BCUT2D eigenvalue weighted by Gasteiger charge is -2.26. The Kier molecular flexibility index (Phi) is 13.0. The molecule has 15 heteroatoms. The van der Waals surface area contributed by atoms with Crippen molar-refractivity contribution in [1.82, 2.24) is 20.0 Å². The highest BCUT2D eigenvalue weighted by atomic mass is 16.7. The van der Waals surface area contributed by atoms with Gasteiger partial charge in [0, 0.05) is 25.6 Å². The predicted octanol–water partition coefficient (Wildman–Crippen LogP) is 5.93. The molecule has 0 radical (unpaired) electrons. The van der Waals surface area contributed by atoms with Gasteiger partial charge in [0.05, 0.1) is 29.4 Å². The molecule has 5 rings (SSSR count). The maximum absolute atomic E-state index is 13.2. The molecule has 0 bridgehead atoms. The van der Waals surface area contributed by atoms with Crippen LogP contribution in [0.15, 0.2) is 60.9 Å². The fourth-order valence-corrected chi connectivity index (χ4v) is 6.30. The van der Waals surface area contributed by atoms with E-state index in [1.165, 1.54) is 12.1 Å². The molecular formula is C42H56N5O10+. The Morgan fingerprint density at radius 1 is 0.825 bits per heavy atom. The molecule has 0 spiro atoms. The summed E-state index contributed by atoms with van der Waals surface area (Å²) in [5.41, 5.74) is 0.170. The van der Waals surface area contributed by atoms with E-state index in [0.717, 1.165) is 17.5 Å². The lowest BCUT2D eigenvalue weighted by atomic mass is 10.1. The van der Waals surface area contributed by atoms with Crippen molar-refractivity contribution in [3.05, 3.63) is 72.1 Å². The van der Waals surface area contributed by atoms with Crippen LogP contribution in [0.25, 0.3) is 11.1 Å². The summed E-state index contributed by atoms with van der Waals surface area (Å²) < 4.78 is 26.7. The molecule has 3 aromatic rings. The van der Waals surface area contributed by atoms with Crippen molar-refractivity contribution in [2.75, 3.05) is 26.2 Å². The molecule has 4 amide bonds. The number of fused-ring (bicyclic) bond motifs is 1. The minimum absolute atomic E-state index is 0.181. The zero-order chi connectivity index (χ0) is 41.7. The Morgan fingerprint density at radius 3 is 2.04 bits per heavy atom. The van der Waals surface area contributed by atoms with Gasteiger partial charge in [0.2, 0.25) is 12.3 Å². The number of benzene rings is 2. The Morgan fingerprint density at radius 2 is 1.44 bits per heavy atom. The number of alkyl carbamates (subject to hydrolysis) is 1. The van der Waals surface area contributed by atoms with E-state index in [2.05, 4.69) is 20.9 Å². The van der Waals surface area contributed by atoms with Gasteiger partial charge in [0.25, 0.3) is 11.8 Å². The molecule has 1 aromatic heterocycles. The highest BCUT2D eigenvalue weighted by Gasteiger charge is 2.41. The van der Waals surface area contributed by atoms with Gasteiger partial charge in [-0.2, -0.15) is 4.68 Å². The van der Waals surface area contributed by atoms with Crippen molar-refractivity contribution in [3.63, 3.8) is 0 Å². The average molecular weight is 791 g/mol. The number of aromatic nitrogens is 2. The molecule has 1 N–H and O–H groups in total. The molecule has 308 valence electrons. The predicted molar refractivity (Wildman–Crippen MR) is 208 cm³/mol. The Hall–Kier alpha value is -5.44. The van der Waals surface area contributed by atoms with E-state index in [-0.39, 0.29) is 29.7 Å². The van der Waals surface area contributed by atoms with Crippen LogP contribution >= 0.6 is 0 Å². The molecule has 2 aliphatic rings. The van der Waals surface area contributed by atoms with Gasteiger partial charge in [-0.25, -0.2) is 19.2 Å². The summed E-state index contributed by atoms with van der Waals surface area (Å²) in [6, 6.07) is 13.6. The number of carbonyl (C=O) groups is 5. The molecule has 15 nitrogen and oxygen atoms in total. The first-order valence-corrected chi connectivity index (χ1v) is 19.3. The summed E-state index contributed by atoms with van der Waals surface area (Å²) in [4.78, 5) is 71.6. The van der Waals surface area contributed by atoms with Gasteiger partial charge in [-0.15, -0.1) is 9.75 Å². The SMILES string of the molecule is CC(C)(C)OC(=O)NCCCn1cc(-c2ccc(OCC(ON3C(=O)c4ccccc4C3=O)C(=O)OC(C)(C)C)cc2)c[n+]1C[C@@H]1CCN(C(=O)OC(C)(C)C)C1. The van der Waals surface area contributed by atoms with E-state index in [0.29, 0.717) is 50.0 Å². The number of amides is 4. The maximum Gasteiger partial charge on any atom is 0.410 e. The van der Waals surface area contributed by atoms with Crippen LogP contribution < -0.4 is 14.7 Å². The first-order valence-electron chi connectivity index (χ1n) is 19.3. The third-order valence-electron chi connectivity index (χ3n) is 8.77. The fourth-order valence-electron chi connectivity index (χ4n) is 6.30. The average Bonchev–Trinajstić information content (AvgIpc) is 3.80. The quantitative estimate of drug-likeness (QED) is 0.0723. The molecule has 0 aliphatic carbocycles.